The lowest BCUT2D eigenvalue weighted by atomic mass is 9.71. The summed E-state index contributed by atoms with van der Waals surface area (Å²) in [6, 6.07) is -0.582. The highest BCUT2D eigenvalue weighted by molar-refractivity contribution is 8.02. The molecule has 2 unspecified atom stereocenters. The smallest absolute Gasteiger partial charge is 0.310 e. The van der Waals surface area contributed by atoms with Crippen molar-refractivity contribution in [3.05, 3.63) is 12.7 Å². The van der Waals surface area contributed by atoms with Crippen LogP contribution in [0.1, 0.15) is 45.4 Å². The van der Waals surface area contributed by atoms with Crippen molar-refractivity contribution in [2.75, 3.05) is 65.7 Å². The summed E-state index contributed by atoms with van der Waals surface area (Å²) in [5.74, 6) is -1.39. The molecule has 1 N–H and O–H groups in total. The number of likely N-dealkylation sites (tertiary alicyclic amines) is 1. The third-order valence-electron chi connectivity index (χ3n) is 8.35. The minimum Gasteiger partial charge on any atom is -0.466 e. The first kappa shape index (κ1) is 28.4. The monoisotopic (exact) mass is 537 g/mol. The summed E-state index contributed by atoms with van der Waals surface area (Å²) >= 11 is 1.69. The molecule has 0 saturated carbocycles. The molecule has 0 aliphatic carbocycles. The van der Waals surface area contributed by atoms with Gasteiger partial charge in [0.25, 0.3) is 0 Å². The predicted molar refractivity (Wildman–Crippen MR) is 142 cm³/mol. The highest BCUT2D eigenvalue weighted by Crippen LogP contribution is 2.66. The molecule has 2 bridgehead atoms. The lowest BCUT2D eigenvalue weighted by Crippen LogP contribution is -2.56. The molecule has 4 rings (SSSR count). The molecule has 9 nitrogen and oxygen atoms in total. The van der Waals surface area contributed by atoms with E-state index in [1.165, 1.54) is 0 Å². The van der Waals surface area contributed by atoms with E-state index in [-0.39, 0.29) is 36.2 Å². The van der Waals surface area contributed by atoms with Crippen LogP contribution in [0.25, 0.3) is 0 Å². The minimum atomic E-state index is -0.584. The fourth-order valence-corrected chi connectivity index (χ4v) is 8.83. The standard InChI is InChI=1S/C27H43N3O6S/c1-3-11-29(14-13-28-15-18-35-19-16-28)25(33)23-27-10-9-20(37-27)21(26(34)36-4-2)22(27)24(32)30(23)12-7-5-6-8-17-31/h3,20-23,31H,1,4-19H2,2H3/t20-,21+,22+,23?,27?/m1/s1. The Morgan fingerprint density at radius 2 is 2.00 bits per heavy atom. The van der Waals surface area contributed by atoms with E-state index >= 15 is 0 Å². The Labute approximate surface area is 224 Å². The van der Waals surface area contributed by atoms with Gasteiger partial charge in [-0.25, -0.2) is 0 Å². The van der Waals surface area contributed by atoms with Crippen molar-refractivity contribution in [1.82, 2.24) is 14.7 Å². The summed E-state index contributed by atoms with van der Waals surface area (Å²) in [5.41, 5.74) is 0. The second-order valence-electron chi connectivity index (χ2n) is 10.5. The van der Waals surface area contributed by atoms with Crippen LogP contribution < -0.4 is 0 Å². The number of ether oxygens (including phenoxy) is 2. The van der Waals surface area contributed by atoms with E-state index in [1.807, 2.05) is 4.90 Å². The van der Waals surface area contributed by atoms with Crippen molar-refractivity contribution in [3.8, 4) is 0 Å². The van der Waals surface area contributed by atoms with Gasteiger partial charge in [-0.15, -0.1) is 18.3 Å². The number of amides is 2. The first-order chi connectivity index (χ1) is 18.0. The number of carbonyl (C=O) groups excluding carboxylic acids is 3. The van der Waals surface area contributed by atoms with Gasteiger partial charge in [-0.2, -0.15) is 0 Å². The summed E-state index contributed by atoms with van der Waals surface area (Å²) in [5, 5.41) is 9.14. The fourth-order valence-electron chi connectivity index (χ4n) is 6.63. The molecule has 1 spiro atoms. The number of fused-ring (bicyclic) bond motifs is 1. The van der Waals surface area contributed by atoms with E-state index in [9.17, 15) is 14.4 Å². The van der Waals surface area contributed by atoms with Crippen molar-refractivity contribution in [2.45, 2.75) is 61.5 Å². The number of morpholine rings is 1. The summed E-state index contributed by atoms with van der Waals surface area (Å²) in [6.07, 6.45) is 6.61. The molecule has 10 heteroatoms. The van der Waals surface area contributed by atoms with Gasteiger partial charge in [0.05, 0.1) is 36.4 Å². The number of aliphatic hydroxyl groups is 1. The zero-order valence-corrected chi connectivity index (χ0v) is 23.0. The summed E-state index contributed by atoms with van der Waals surface area (Å²) in [4.78, 5) is 47.2. The maximum atomic E-state index is 14.3. The Morgan fingerprint density at radius 3 is 2.70 bits per heavy atom. The summed E-state index contributed by atoms with van der Waals surface area (Å²) in [7, 11) is 0. The van der Waals surface area contributed by atoms with Crippen molar-refractivity contribution >= 4 is 29.5 Å². The van der Waals surface area contributed by atoms with Gasteiger partial charge in [-0.1, -0.05) is 18.9 Å². The van der Waals surface area contributed by atoms with E-state index in [2.05, 4.69) is 11.5 Å². The van der Waals surface area contributed by atoms with E-state index in [0.717, 1.165) is 58.2 Å². The fraction of sp³-hybridized carbons (Fsp3) is 0.815. The van der Waals surface area contributed by atoms with Crippen molar-refractivity contribution in [1.29, 1.82) is 0 Å². The van der Waals surface area contributed by atoms with Crippen LogP contribution in [-0.2, 0) is 23.9 Å². The van der Waals surface area contributed by atoms with Crippen molar-refractivity contribution in [2.24, 2.45) is 11.8 Å². The zero-order chi connectivity index (χ0) is 26.4. The Kier molecular flexibility index (Phi) is 9.94. The number of esters is 1. The number of aliphatic hydroxyl groups excluding tert-OH is 1. The summed E-state index contributed by atoms with van der Waals surface area (Å²) in [6.45, 7) is 11.5. The molecule has 4 aliphatic rings. The Hall–Kier alpha value is -1.62. The Bertz CT molecular complexity index is 837. The summed E-state index contributed by atoms with van der Waals surface area (Å²) < 4.78 is 10.3. The Morgan fingerprint density at radius 1 is 1.24 bits per heavy atom. The van der Waals surface area contributed by atoms with Gasteiger partial charge in [0, 0.05) is 51.1 Å². The molecule has 0 aromatic rings. The molecule has 208 valence electrons. The molecule has 37 heavy (non-hydrogen) atoms. The van der Waals surface area contributed by atoms with E-state index in [1.54, 1.807) is 29.7 Å². The molecule has 4 saturated heterocycles. The van der Waals surface area contributed by atoms with Gasteiger partial charge >= 0.3 is 5.97 Å². The lowest BCUT2D eigenvalue weighted by molar-refractivity contribution is -0.153. The SMILES string of the molecule is C=CCN(CCN1CCOCC1)C(=O)C1N(CCCCCCO)C(=O)[C@@H]2[C@@H](C(=O)OCC)[C@H]3CCC12S3. The lowest BCUT2D eigenvalue weighted by Gasteiger charge is -2.38. The van der Waals surface area contributed by atoms with Gasteiger partial charge < -0.3 is 24.4 Å². The quantitative estimate of drug-likeness (QED) is 0.202. The number of thioether (sulfide) groups is 1. The van der Waals surface area contributed by atoms with E-state index in [4.69, 9.17) is 14.6 Å². The second-order valence-corrected chi connectivity index (χ2v) is 12.1. The molecule has 0 aromatic heterocycles. The average Bonchev–Trinajstić information content (AvgIpc) is 3.54. The van der Waals surface area contributed by atoms with Gasteiger partial charge in [0.2, 0.25) is 11.8 Å². The first-order valence-electron chi connectivity index (χ1n) is 13.9. The molecular formula is C27H43N3O6S. The molecule has 5 atom stereocenters. The number of hydrogen-bond donors (Lipinski definition) is 1. The highest BCUT2D eigenvalue weighted by atomic mass is 32.2. The van der Waals surface area contributed by atoms with Crippen LogP contribution in [-0.4, -0.2) is 119 Å². The number of nitrogens with zero attached hydrogens (tertiary/aromatic N) is 3. The highest BCUT2D eigenvalue weighted by Gasteiger charge is 2.74. The first-order valence-corrected chi connectivity index (χ1v) is 14.8. The maximum absolute atomic E-state index is 14.3. The van der Waals surface area contributed by atoms with Gasteiger partial charge in [-0.05, 0) is 32.6 Å². The van der Waals surface area contributed by atoms with Gasteiger partial charge in [-0.3, -0.25) is 19.3 Å². The van der Waals surface area contributed by atoms with Gasteiger partial charge in [0.1, 0.15) is 6.04 Å². The van der Waals surface area contributed by atoms with Crippen LogP contribution in [0.3, 0.4) is 0 Å². The van der Waals surface area contributed by atoms with Crippen LogP contribution in [0.5, 0.6) is 0 Å². The normalized spacial score (nSPS) is 31.0. The van der Waals surface area contributed by atoms with Crippen LogP contribution in [0.2, 0.25) is 0 Å². The van der Waals surface area contributed by atoms with Gasteiger partial charge in [0.15, 0.2) is 0 Å². The number of rotatable bonds is 14. The molecule has 4 fully saturated rings. The predicted octanol–water partition coefficient (Wildman–Crippen LogP) is 1.54. The molecule has 4 aliphatic heterocycles. The molecule has 4 heterocycles. The molecular weight excluding hydrogens is 494 g/mol. The number of unbranched alkanes of at least 4 members (excludes halogenated alkanes) is 3. The number of hydrogen-bond acceptors (Lipinski definition) is 8. The van der Waals surface area contributed by atoms with E-state index in [0.29, 0.717) is 32.8 Å². The average molecular weight is 538 g/mol. The Balaban J connectivity index is 1.57. The largest absolute Gasteiger partial charge is 0.466 e. The zero-order valence-electron chi connectivity index (χ0n) is 22.1. The molecule has 2 amide bonds. The topological polar surface area (TPSA) is 99.6 Å². The van der Waals surface area contributed by atoms with E-state index < -0.39 is 22.6 Å². The maximum Gasteiger partial charge on any atom is 0.310 e. The third-order valence-corrected chi connectivity index (χ3v) is 10.3. The van der Waals surface area contributed by atoms with Crippen LogP contribution in [0.4, 0.5) is 0 Å². The number of carbonyl (C=O) groups is 3. The minimum absolute atomic E-state index is 0.0243. The van der Waals surface area contributed by atoms with Crippen LogP contribution >= 0.6 is 11.8 Å². The van der Waals surface area contributed by atoms with Crippen molar-refractivity contribution < 1.29 is 29.0 Å². The van der Waals surface area contributed by atoms with Crippen LogP contribution in [0.15, 0.2) is 12.7 Å². The second kappa shape index (κ2) is 13.0. The van der Waals surface area contributed by atoms with Crippen LogP contribution in [0, 0.1) is 11.8 Å². The third kappa shape index (κ3) is 5.72. The van der Waals surface area contributed by atoms with Crippen molar-refractivity contribution in [3.63, 3.8) is 0 Å². The molecule has 0 radical (unpaired) electrons. The molecule has 0 aromatic carbocycles.